The molecule has 4 aliphatic rings. The van der Waals surface area contributed by atoms with Crippen LogP contribution in [0.15, 0.2) is 17.1 Å². The second-order valence-electron chi connectivity index (χ2n) is 12.0. The lowest BCUT2D eigenvalue weighted by Gasteiger charge is -2.34. The van der Waals surface area contributed by atoms with E-state index in [4.69, 9.17) is 4.99 Å². The fourth-order valence-corrected chi connectivity index (χ4v) is 8.11. The van der Waals surface area contributed by atoms with E-state index in [1.165, 1.54) is 9.21 Å². The first-order valence-corrected chi connectivity index (χ1v) is 15.9. The Balaban J connectivity index is 1.19. The molecule has 39 heavy (non-hydrogen) atoms. The van der Waals surface area contributed by atoms with E-state index in [1.54, 1.807) is 0 Å². The van der Waals surface area contributed by atoms with Crippen LogP contribution in [0.1, 0.15) is 80.5 Å². The Bertz CT molecular complexity index is 1270. The SMILES string of the molecule is Cc1cc(CN2C(=O)CCC2=O)cc(C)c1CCS(=O)(=O)N1CCC2(CC1)N=C(C1CCC(C)CC1)NC2=O. The molecule has 0 radical (unpaired) electrons. The molecule has 0 atom stereocenters. The van der Waals surface area contributed by atoms with Gasteiger partial charge in [-0.2, -0.15) is 0 Å². The van der Waals surface area contributed by atoms with Gasteiger partial charge in [0.15, 0.2) is 0 Å². The van der Waals surface area contributed by atoms with E-state index in [2.05, 4.69) is 12.2 Å². The number of sulfonamides is 1. The molecule has 0 unspecified atom stereocenters. The molecule has 3 heterocycles. The lowest BCUT2D eigenvalue weighted by Crippen LogP contribution is -2.51. The maximum absolute atomic E-state index is 13.3. The number of nitrogens with one attached hydrogen (secondary N) is 1. The molecule has 9 nitrogen and oxygen atoms in total. The molecule has 1 spiro atoms. The Morgan fingerprint density at radius 1 is 0.974 bits per heavy atom. The van der Waals surface area contributed by atoms with Gasteiger partial charge in [0.2, 0.25) is 21.8 Å². The molecular weight excluding hydrogens is 516 g/mol. The van der Waals surface area contributed by atoms with E-state index in [0.29, 0.717) is 38.3 Å². The summed E-state index contributed by atoms with van der Waals surface area (Å²) in [4.78, 5) is 43.1. The van der Waals surface area contributed by atoms with Crippen molar-refractivity contribution in [1.29, 1.82) is 0 Å². The molecular formula is C29H40N4O5S. The van der Waals surface area contributed by atoms with Crippen LogP contribution < -0.4 is 5.32 Å². The number of nitrogens with zero attached hydrogens (tertiary/aromatic N) is 3. The molecule has 5 rings (SSSR count). The molecule has 0 bridgehead atoms. The fraction of sp³-hybridized carbons (Fsp3) is 0.655. The zero-order chi connectivity index (χ0) is 27.9. The molecule has 212 valence electrons. The topological polar surface area (TPSA) is 116 Å². The van der Waals surface area contributed by atoms with Crippen LogP contribution in [0.5, 0.6) is 0 Å². The highest BCUT2D eigenvalue weighted by Crippen LogP contribution is 2.36. The zero-order valence-electron chi connectivity index (χ0n) is 23.3. The maximum Gasteiger partial charge on any atom is 0.253 e. The zero-order valence-corrected chi connectivity index (χ0v) is 24.1. The first-order valence-electron chi connectivity index (χ1n) is 14.3. The highest BCUT2D eigenvalue weighted by molar-refractivity contribution is 7.89. The lowest BCUT2D eigenvalue weighted by molar-refractivity contribution is -0.139. The highest BCUT2D eigenvalue weighted by Gasteiger charge is 2.48. The van der Waals surface area contributed by atoms with Crippen LogP contribution in [0.4, 0.5) is 0 Å². The third-order valence-corrected chi connectivity index (χ3v) is 11.1. The van der Waals surface area contributed by atoms with Crippen LogP contribution in [0.2, 0.25) is 0 Å². The third-order valence-electron chi connectivity index (χ3n) is 9.21. The quantitative estimate of drug-likeness (QED) is 0.519. The summed E-state index contributed by atoms with van der Waals surface area (Å²) >= 11 is 0. The molecule has 1 aromatic carbocycles. The second-order valence-corrected chi connectivity index (χ2v) is 14.1. The number of hydrogen-bond acceptors (Lipinski definition) is 6. The van der Waals surface area contributed by atoms with Gasteiger partial charge in [-0.1, -0.05) is 31.9 Å². The van der Waals surface area contributed by atoms with Crippen molar-refractivity contribution in [2.75, 3.05) is 18.8 Å². The van der Waals surface area contributed by atoms with Gasteiger partial charge in [0.1, 0.15) is 11.4 Å². The number of amides is 3. The average Bonchev–Trinajstić information content (AvgIpc) is 3.37. The van der Waals surface area contributed by atoms with Gasteiger partial charge in [-0.3, -0.25) is 24.3 Å². The molecule has 1 saturated carbocycles. The normalized spacial score (nSPS) is 25.9. The molecule has 10 heteroatoms. The minimum absolute atomic E-state index is 0.00883. The first-order chi connectivity index (χ1) is 18.5. The van der Waals surface area contributed by atoms with Crippen molar-refractivity contribution in [3.8, 4) is 0 Å². The summed E-state index contributed by atoms with van der Waals surface area (Å²) in [6.45, 7) is 7.00. The smallest absolute Gasteiger partial charge is 0.253 e. The van der Waals surface area contributed by atoms with E-state index in [1.807, 2.05) is 26.0 Å². The van der Waals surface area contributed by atoms with Gasteiger partial charge in [-0.25, -0.2) is 12.7 Å². The molecule has 0 aromatic heterocycles. The van der Waals surface area contributed by atoms with Crippen molar-refractivity contribution in [1.82, 2.24) is 14.5 Å². The molecule has 1 aliphatic carbocycles. The van der Waals surface area contributed by atoms with Crippen LogP contribution in [0, 0.1) is 25.7 Å². The molecule has 3 fully saturated rings. The number of rotatable bonds is 7. The summed E-state index contributed by atoms with van der Waals surface area (Å²) in [6, 6.07) is 3.89. The van der Waals surface area contributed by atoms with Gasteiger partial charge in [0.05, 0.1) is 12.3 Å². The summed E-state index contributed by atoms with van der Waals surface area (Å²) < 4.78 is 28.1. The van der Waals surface area contributed by atoms with E-state index >= 15 is 0 Å². The summed E-state index contributed by atoms with van der Waals surface area (Å²) in [5.41, 5.74) is 2.93. The van der Waals surface area contributed by atoms with Crippen molar-refractivity contribution in [2.45, 2.75) is 90.6 Å². The van der Waals surface area contributed by atoms with Crippen LogP contribution in [0.25, 0.3) is 0 Å². The van der Waals surface area contributed by atoms with E-state index in [0.717, 1.165) is 59.7 Å². The van der Waals surface area contributed by atoms with Gasteiger partial charge in [0, 0.05) is 31.8 Å². The summed E-state index contributed by atoms with van der Waals surface area (Å²) in [6.07, 6.45) is 6.13. The molecule has 1 N–H and O–H groups in total. The summed E-state index contributed by atoms with van der Waals surface area (Å²) in [7, 11) is -3.51. The number of carbonyl (C=O) groups excluding carboxylic acids is 3. The highest BCUT2D eigenvalue weighted by atomic mass is 32.2. The number of carbonyl (C=O) groups is 3. The first kappa shape index (κ1) is 28.0. The van der Waals surface area contributed by atoms with E-state index in [-0.39, 0.29) is 42.9 Å². The maximum atomic E-state index is 13.3. The molecule has 3 aliphatic heterocycles. The van der Waals surface area contributed by atoms with Crippen LogP contribution in [-0.2, 0) is 37.4 Å². The predicted molar refractivity (Wildman–Crippen MR) is 148 cm³/mol. The Morgan fingerprint density at radius 3 is 2.15 bits per heavy atom. The van der Waals surface area contributed by atoms with Crippen molar-refractivity contribution in [3.05, 3.63) is 34.4 Å². The fourth-order valence-electron chi connectivity index (χ4n) is 6.65. The molecule has 3 amide bonds. The van der Waals surface area contributed by atoms with E-state index < -0.39 is 15.6 Å². The lowest BCUT2D eigenvalue weighted by atomic mass is 9.82. The van der Waals surface area contributed by atoms with Gasteiger partial charge in [0.25, 0.3) is 5.91 Å². The number of aliphatic imine (C=N–C) groups is 1. The van der Waals surface area contributed by atoms with Crippen molar-refractivity contribution in [2.24, 2.45) is 16.8 Å². The van der Waals surface area contributed by atoms with E-state index in [9.17, 15) is 22.8 Å². The standard InChI is InChI=1S/C29H40N4O5S/c1-19-4-6-23(7-5-19)27-30-28(36)29(31-27)11-13-32(14-12-29)39(37,38)15-10-24-20(2)16-22(17-21(24)3)18-33-25(34)8-9-26(33)35/h16-17,19,23H,4-15,18H2,1-3H3,(H,30,31,36). The average molecular weight is 557 g/mol. The number of likely N-dealkylation sites (tertiary alicyclic amines) is 1. The Morgan fingerprint density at radius 2 is 1.56 bits per heavy atom. The van der Waals surface area contributed by atoms with Gasteiger partial charge in [-0.05, 0) is 74.1 Å². The number of aryl methyl sites for hydroxylation is 2. The minimum Gasteiger partial charge on any atom is -0.312 e. The Kier molecular flexibility index (Phi) is 7.72. The van der Waals surface area contributed by atoms with Crippen molar-refractivity contribution < 1.29 is 22.8 Å². The molecule has 1 aromatic rings. The number of piperidine rings is 1. The van der Waals surface area contributed by atoms with Gasteiger partial charge < -0.3 is 5.32 Å². The number of amidine groups is 1. The minimum atomic E-state index is -3.51. The Hall–Kier alpha value is -2.59. The van der Waals surface area contributed by atoms with Crippen LogP contribution in [-0.4, -0.2) is 65.6 Å². The summed E-state index contributed by atoms with van der Waals surface area (Å²) in [5, 5.41) is 3.05. The predicted octanol–water partition coefficient (Wildman–Crippen LogP) is 3.01. The van der Waals surface area contributed by atoms with Crippen LogP contribution >= 0.6 is 0 Å². The van der Waals surface area contributed by atoms with Gasteiger partial charge in [-0.15, -0.1) is 0 Å². The van der Waals surface area contributed by atoms with Gasteiger partial charge >= 0.3 is 0 Å². The monoisotopic (exact) mass is 556 g/mol. The third kappa shape index (κ3) is 5.68. The summed E-state index contributed by atoms with van der Waals surface area (Å²) in [5.74, 6) is 1.47. The largest absolute Gasteiger partial charge is 0.312 e. The van der Waals surface area contributed by atoms with Crippen LogP contribution in [0.3, 0.4) is 0 Å². The number of hydrogen-bond donors (Lipinski definition) is 1. The molecule has 2 saturated heterocycles. The number of imide groups is 1. The Labute approximate surface area is 231 Å². The second kappa shape index (κ2) is 10.8. The van der Waals surface area contributed by atoms with Crippen molar-refractivity contribution >= 4 is 33.6 Å². The number of benzene rings is 1. The van der Waals surface area contributed by atoms with Crippen molar-refractivity contribution in [3.63, 3.8) is 0 Å².